The lowest BCUT2D eigenvalue weighted by Gasteiger charge is -2.23. The van der Waals surface area contributed by atoms with Crippen LogP contribution in [0.5, 0.6) is 0 Å². The van der Waals surface area contributed by atoms with Gasteiger partial charge in [0.1, 0.15) is 13.1 Å². The largest absolute Gasteiger partial charge is 0.370 e. The summed E-state index contributed by atoms with van der Waals surface area (Å²) in [6.45, 7) is 3.57. The highest BCUT2D eigenvalue weighted by atomic mass is 32.1. The maximum atomic E-state index is 11.7. The third-order valence-electron chi connectivity index (χ3n) is 2.96. The van der Waals surface area contributed by atoms with Gasteiger partial charge in [0.2, 0.25) is 0 Å². The Morgan fingerprint density at radius 1 is 1.20 bits per heavy atom. The van der Waals surface area contributed by atoms with E-state index < -0.39 is 0 Å². The minimum Gasteiger partial charge on any atom is -0.370 e. The van der Waals surface area contributed by atoms with E-state index >= 15 is 0 Å². The summed E-state index contributed by atoms with van der Waals surface area (Å²) in [5.41, 5.74) is 6.17. The molecule has 1 heterocycles. The van der Waals surface area contributed by atoms with Crippen LogP contribution in [0.25, 0.3) is 0 Å². The number of quaternary nitrogens is 1. The predicted octanol–water partition coefficient (Wildman–Crippen LogP) is -1.08. The van der Waals surface area contributed by atoms with Gasteiger partial charge in [-0.1, -0.05) is 18.2 Å². The molecule has 1 amide bonds. The fourth-order valence-electron chi connectivity index (χ4n) is 1.92. The number of anilines is 1. The van der Waals surface area contributed by atoms with E-state index in [9.17, 15) is 4.79 Å². The van der Waals surface area contributed by atoms with Gasteiger partial charge in [0, 0.05) is 5.69 Å². The smallest absolute Gasteiger partial charge is 0.293 e. The summed E-state index contributed by atoms with van der Waals surface area (Å²) in [5.74, 6) is -0.0842. The van der Waals surface area contributed by atoms with Crippen LogP contribution in [0.1, 0.15) is 0 Å². The van der Waals surface area contributed by atoms with Gasteiger partial charge in [-0.2, -0.15) is 0 Å². The molecule has 0 radical (unpaired) electrons. The van der Waals surface area contributed by atoms with Gasteiger partial charge in [0.25, 0.3) is 5.91 Å². The molecule has 1 aliphatic rings. The second kappa shape index (κ2) is 7.78. The molecule has 0 spiro atoms. The lowest BCUT2D eigenvalue weighted by Crippen LogP contribution is -3.15. The van der Waals surface area contributed by atoms with Crippen molar-refractivity contribution in [1.29, 1.82) is 0 Å². The quantitative estimate of drug-likeness (QED) is 0.422. The first kappa shape index (κ1) is 14.7. The number of carbonyl (C=O) groups is 1. The van der Waals surface area contributed by atoms with Crippen molar-refractivity contribution in [3.63, 3.8) is 0 Å². The fourth-order valence-corrected chi connectivity index (χ4v) is 2.09. The molecule has 0 aromatic heterocycles. The third-order valence-corrected chi connectivity index (χ3v) is 3.16. The number of morpholine rings is 1. The standard InChI is InChI=1S/C13H18N4O2S/c18-12(10-17-6-8-19-9-7-17)15-16-13(20)14-11-4-2-1-3-5-11/h1-5H,6-10H2,(H,15,18)(H2,14,16,20)/p+1. The number of ether oxygens (including phenoxy) is 1. The number of amides is 1. The van der Waals surface area contributed by atoms with Crippen molar-refractivity contribution in [1.82, 2.24) is 10.9 Å². The van der Waals surface area contributed by atoms with E-state index in [2.05, 4.69) is 16.2 Å². The van der Waals surface area contributed by atoms with Gasteiger partial charge in [0.15, 0.2) is 11.7 Å². The van der Waals surface area contributed by atoms with E-state index in [1.807, 2.05) is 30.3 Å². The molecule has 1 fully saturated rings. The minimum atomic E-state index is -0.0842. The average Bonchev–Trinajstić information content (AvgIpc) is 2.47. The highest BCUT2D eigenvalue weighted by Crippen LogP contribution is 2.03. The van der Waals surface area contributed by atoms with Crippen LogP contribution < -0.4 is 21.1 Å². The predicted molar refractivity (Wildman–Crippen MR) is 80.3 cm³/mol. The van der Waals surface area contributed by atoms with Crippen LogP contribution in [0.2, 0.25) is 0 Å². The molecule has 0 atom stereocenters. The van der Waals surface area contributed by atoms with Gasteiger partial charge in [0.05, 0.1) is 13.2 Å². The Hall–Kier alpha value is -1.70. The molecule has 1 aromatic rings. The SMILES string of the molecule is O=C(C[NH+]1CCOCC1)NNC(=S)Nc1ccccc1. The highest BCUT2D eigenvalue weighted by molar-refractivity contribution is 7.80. The maximum Gasteiger partial charge on any atom is 0.293 e. The van der Waals surface area contributed by atoms with Crippen molar-refractivity contribution in [2.24, 2.45) is 0 Å². The van der Waals surface area contributed by atoms with Gasteiger partial charge in [-0.05, 0) is 24.4 Å². The Kier molecular flexibility index (Phi) is 5.72. The Labute approximate surface area is 123 Å². The molecule has 0 unspecified atom stereocenters. The number of carbonyl (C=O) groups excluding carboxylic acids is 1. The first-order valence-corrected chi connectivity index (χ1v) is 6.97. The number of hydrazine groups is 1. The summed E-state index contributed by atoms with van der Waals surface area (Å²) in [6.07, 6.45) is 0. The molecular formula is C13H19N4O2S+. The number of hydrogen-bond donors (Lipinski definition) is 4. The molecule has 108 valence electrons. The van der Waals surface area contributed by atoms with Gasteiger partial charge in [-0.15, -0.1) is 0 Å². The van der Waals surface area contributed by atoms with Crippen LogP contribution >= 0.6 is 12.2 Å². The van der Waals surface area contributed by atoms with Crippen molar-refractivity contribution < 1.29 is 14.4 Å². The molecule has 2 rings (SSSR count). The number of para-hydroxylation sites is 1. The van der Waals surface area contributed by atoms with Crippen LogP contribution in [0, 0.1) is 0 Å². The number of benzene rings is 1. The van der Waals surface area contributed by atoms with Crippen molar-refractivity contribution in [3.05, 3.63) is 30.3 Å². The monoisotopic (exact) mass is 295 g/mol. The zero-order chi connectivity index (χ0) is 14.2. The first-order valence-electron chi connectivity index (χ1n) is 6.56. The van der Waals surface area contributed by atoms with Gasteiger partial charge in [-0.3, -0.25) is 15.6 Å². The Morgan fingerprint density at radius 3 is 2.60 bits per heavy atom. The number of hydrogen-bond acceptors (Lipinski definition) is 3. The van der Waals surface area contributed by atoms with Crippen LogP contribution in [0.15, 0.2) is 30.3 Å². The molecule has 0 aliphatic carbocycles. The molecule has 20 heavy (non-hydrogen) atoms. The Morgan fingerprint density at radius 2 is 1.90 bits per heavy atom. The molecule has 1 aliphatic heterocycles. The van der Waals surface area contributed by atoms with E-state index in [1.54, 1.807) is 0 Å². The van der Waals surface area contributed by atoms with Crippen molar-refractivity contribution in [2.45, 2.75) is 0 Å². The van der Waals surface area contributed by atoms with E-state index in [0.717, 1.165) is 18.8 Å². The van der Waals surface area contributed by atoms with E-state index in [4.69, 9.17) is 17.0 Å². The van der Waals surface area contributed by atoms with Crippen LogP contribution in [0.3, 0.4) is 0 Å². The molecule has 4 N–H and O–H groups in total. The van der Waals surface area contributed by atoms with Crippen LogP contribution in [0.4, 0.5) is 5.69 Å². The van der Waals surface area contributed by atoms with Crippen LogP contribution in [-0.2, 0) is 9.53 Å². The first-order chi connectivity index (χ1) is 9.74. The molecule has 1 aromatic carbocycles. The van der Waals surface area contributed by atoms with Crippen molar-refractivity contribution in [3.8, 4) is 0 Å². The third kappa shape index (κ3) is 5.12. The summed E-state index contributed by atoms with van der Waals surface area (Å²) in [4.78, 5) is 13.0. The Bertz CT molecular complexity index is 449. The number of thiocarbonyl (C=S) groups is 1. The molecular weight excluding hydrogens is 276 g/mol. The summed E-state index contributed by atoms with van der Waals surface area (Å²) in [7, 11) is 0. The topological polar surface area (TPSA) is 66.8 Å². The van der Waals surface area contributed by atoms with E-state index in [0.29, 0.717) is 24.9 Å². The molecule has 0 bridgehead atoms. The summed E-state index contributed by atoms with van der Waals surface area (Å²) in [6, 6.07) is 9.53. The van der Waals surface area contributed by atoms with Gasteiger partial charge in [-0.25, -0.2) is 0 Å². The van der Waals surface area contributed by atoms with Gasteiger partial charge >= 0.3 is 0 Å². The lowest BCUT2D eigenvalue weighted by molar-refractivity contribution is -0.900. The summed E-state index contributed by atoms with van der Waals surface area (Å²) in [5, 5.41) is 3.34. The average molecular weight is 295 g/mol. The number of rotatable bonds is 3. The van der Waals surface area contributed by atoms with Crippen LogP contribution in [-0.4, -0.2) is 43.9 Å². The zero-order valence-electron chi connectivity index (χ0n) is 11.1. The van der Waals surface area contributed by atoms with Crippen molar-refractivity contribution in [2.75, 3.05) is 38.2 Å². The van der Waals surface area contributed by atoms with E-state index in [1.165, 1.54) is 4.90 Å². The summed E-state index contributed by atoms with van der Waals surface area (Å²) >= 11 is 5.10. The second-order valence-corrected chi connectivity index (χ2v) is 4.94. The number of nitrogens with one attached hydrogen (secondary N) is 4. The zero-order valence-corrected chi connectivity index (χ0v) is 12.0. The molecule has 1 saturated heterocycles. The normalized spacial score (nSPS) is 15.4. The highest BCUT2D eigenvalue weighted by Gasteiger charge is 2.17. The van der Waals surface area contributed by atoms with Crippen molar-refractivity contribution >= 4 is 28.9 Å². The molecule has 7 heteroatoms. The lowest BCUT2D eigenvalue weighted by atomic mass is 10.3. The van der Waals surface area contributed by atoms with E-state index in [-0.39, 0.29) is 5.91 Å². The second-order valence-electron chi connectivity index (χ2n) is 4.53. The molecule has 0 saturated carbocycles. The molecule has 6 nitrogen and oxygen atoms in total. The van der Waals surface area contributed by atoms with Gasteiger partial charge < -0.3 is 15.0 Å². The minimum absolute atomic E-state index is 0.0842. The fraction of sp³-hybridized carbons (Fsp3) is 0.385. The maximum absolute atomic E-state index is 11.7. The Balaban J connectivity index is 1.66. The summed E-state index contributed by atoms with van der Waals surface area (Å²) < 4.78 is 5.25.